The van der Waals surface area contributed by atoms with Crippen molar-refractivity contribution in [2.45, 2.75) is 53.6 Å². The van der Waals surface area contributed by atoms with Crippen LogP contribution in [0, 0.1) is 19.8 Å². The molecular weight excluding hydrogens is 366 g/mol. The van der Waals surface area contributed by atoms with Gasteiger partial charge in [-0.2, -0.15) is 5.10 Å². The van der Waals surface area contributed by atoms with Crippen LogP contribution in [0.3, 0.4) is 0 Å². The Labute approximate surface area is 152 Å². The summed E-state index contributed by atoms with van der Waals surface area (Å²) in [4.78, 5) is 12.5. The van der Waals surface area contributed by atoms with Crippen LogP contribution in [-0.4, -0.2) is 15.7 Å². The van der Waals surface area contributed by atoms with Gasteiger partial charge in [-0.15, -0.1) is 0 Å². The predicted octanol–water partition coefficient (Wildman–Crippen LogP) is 4.34. The zero-order valence-electron chi connectivity index (χ0n) is 15.1. The first-order chi connectivity index (χ1) is 11.3. The molecule has 1 heterocycles. The summed E-state index contributed by atoms with van der Waals surface area (Å²) < 4.78 is 3.03. The molecule has 0 saturated heterocycles. The molecule has 1 atom stereocenters. The monoisotopic (exact) mass is 391 g/mol. The van der Waals surface area contributed by atoms with E-state index in [2.05, 4.69) is 40.2 Å². The summed E-state index contributed by atoms with van der Waals surface area (Å²) in [6.07, 6.45) is 0.369. The maximum atomic E-state index is 12.5. The molecule has 2 rings (SSSR count). The number of hydrogen-bond acceptors (Lipinski definition) is 2. The third-order valence-corrected chi connectivity index (χ3v) is 4.63. The molecule has 0 fully saturated rings. The van der Waals surface area contributed by atoms with Crippen LogP contribution in [0.1, 0.15) is 49.3 Å². The van der Waals surface area contributed by atoms with Crippen molar-refractivity contribution < 1.29 is 4.79 Å². The molecule has 130 valence electrons. The lowest BCUT2D eigenvalue weighted by Crippen LogP contribution is -2.28. The molecule has 24 heavy (non-hydrogen) atoms. The minimum Gasteiger partial charge on any atom is -0.349 e. The predicted molar refractivity (Wildman–Crippen MR) is 101 cm³/mol. The number of amides is 1. The van der Waals surface area contributed by atoms with E-state index in [-0.39, 0.29) is 11.9 Å². The normalized spacial score (nSPS) is 12.5. The number of aromatic nitrogens is 2. The quantitative estimate of drug-likeness (QED) is 0.795. The van der Waals surface area contributed by atoms with Gasteiger partial charge in [0.1, 0.15) is 0 Å². The molecule has 1 aromatic heterocycles. The topological polar surface area (TPSA) is 46.9 Å². The summed E-state index contributed by atoms with van der Waals surface area (Å²) in [5.74, 6) is 0.555. The summed E-state index contributed by atoms with van der Waals surface area (Å²) in [6, 6.07) is 7.98. The van der Waals surface area contributed by atoms with Gasteiger partial charge in [0.25, 0.3) is 0 Å². The lowest BCUT2D eigenvalue weighted by Gasteiger charge is -2.15. The standard InChI is InChI=1S/C19H26BrN3O/c1-12(2)11-23-15(5)18(14(4)22-23)10-19(24)21-13(3)16-7-6-8-17(20)9-16/h6-9,12-13H,10-11H2,1-5H3,(H,21,24). The van der Waals surface area contributed by atoms with Crippen LogP contribution in [0.4, 0.5) is 0 Å². The maximum Gasteiger partial charge on any atom is 0.225 e. The van der Waals surface area contributed by atoms with Crippen LogP contribution in [0.15, 0.2) is 28.7 Å². The Morgan fingerprint density at radius 3 is 2.62 bits per heavy atom. The summed E-state index contributed by atoms with van der Waals surface area (Å²) in [7, 11) is 0. The van der Waals surface area contributed by atoms with Gasteiger partial charge in [0.15, 0.2) is 0 Å². The SMILES string of the molecule is Cc1nn(CC(C)C)c(C)c1CC(=O)NC(C)c1cccc(Br)c1. The van der Waals surface area contributed by atoms with Gasteiger partial charge in [0.05, 0.1) is 18.2 Å². The molecule has 0 aliphatic rings. The Morgan fingerprint density at radius 1 is 1.29 bits per heavy atom. The highest BCUT2D eigenvalue weighted by Gasteiger charge is 2.17. The molecule has 4 nitrogen and oxygen atoms in total. The molecule has 1 aromatic carbocycles. The minimum absolute atomic E-state index is 0.0257. The molecule has 5 heteroatoms. The Balaban J connectivity index is 2.06. The van der Waals surface area contributed by atoms with E-state index in [1.165, 1.54) is 0 Å². The summed E-state index contributed by atoms with van der Waals surface area (Å²) in [5, 5.41) is 7.66. The van der Waals surface area contributed by atoms with E-state index < -0.39 is 0 Å². The number of aryl methyl sites for hydroxylation is 1. The molecule has 1 N–H and O–H groups in total. The number of hydrogen-bond donors (Lipinski definition) is 1. The van der Waals surface area contributed by atoms with E-state index in [0.29, 0.717) is 12.3 Å². The second kappa shape index (κ2) is 7.97. The average molecular weight is 392 g/mol. The first kappa shape index (κ1) is 18.7. The number of rotatable bonds is 6. The highest BCUT2D eigenvalue weighted by atomic mass is 79.9. The molecule has 0 saturated carbocycles. The number of carbonyl (C=O) groups is 1. The second-order valence-electron chi connectivity index (χ2n) is 6.75. The molecule has 0 spiro atoms. The zero-order valence-corrected chi connectivity index (χ0v) is 16.6. The molecular formula is C19H26BrN3O. The number of carbonyl (C=O) groups excluding carboxylic acids is 1. The van der Waals surface area contributed by atoms with Crippen LogP contribution >= 0.6 is 15.9 Å². The molecule has 0 radical (unpaired) electrons. The van der Waals surface area contributed by atoms with Gasteiger partial charge in [-0.05, 0) is 44.4 Å². The Bertz CT molecular complexity index is 721. The van der Waals surface area contributed by atoms with E-state index in [1.807, 2.05) is 49.7 Å². The highest BCUT2D eigenvalue weighted by molar-refractivity contribution is 9.10. The molecule has 0 aliphatic heterocycles. The van der Waals surface area contributed by atoms with Crippen molar-refractivity contribution in [1.82, 2.24) is 15.1 Å². The van der Waals surface area contributed by atoms with Gasteiger partial charge < -0.3 is 5.32 Å². The third kappa shape index (κ3) is 4.69. The van der Waals surface area contributed by atoms with Gasteiger partial charge in [-0.3, -0.25) is 9.48 Å². The highest BCUT2D eigenvalue weighted by Crippen LogP contribution is 2.19. The molecule has 1 unspecified atom stereocenters. The fraction of sp³-hybridized carbons (Fsp3) is 0.474. The van der Waals surface area contributed by atoms with Gasteiger partial charge in [-0.25, -0.2) is 0 Å². The zero-order chi connectivity index (χ0) is 17.9. The molecule has 0 bridgehead atoms. The van der Waals surface area contributed by atoms with Gasteiger partial charge in [0.2, 0.25) is 5.91 Å². The largest absolute Gasteiger partial charge is 0.349 e. The second-order valence-corrected chi connectivity index (χ2v) is 7.66. The van der Waals surface area contributed by atoms with Crippen molar-refractivity contribution in [2.75, 3.05) is 0 Å². The van der Waals surface area contributed by atoms with E-state index >= 15 is 0 Å². The van der Waals surface area contributed by atoms with Crippen molar-refractivity contribution in [3.63, 3.8) is 0 Å². The van der Waals surface area contributed by atoms with Crippen molar-refractivity contribution in [2.24, 2.45) is 5.92 Å². The first-order valence-electron chi connectivity index (χ1n) is 8.35. The lowest BCUT2D eigenvalue weighted by molar-refractivity contribution is -0.121. The van der Waals surface area contributed by atoms with E-state index in [4.69, 9.17) is 0 Å². The smallest absolute Gasteiger partial charge is 0.225 e. The van der Waals surface area contributed by atoms with Crippen molar-refractivity contribution >= 4 is 21.8 Å². The fourth-order valence-electron chi connectivity index (χ4n) is 2.83. The Hall–Kier alpha value is -1.62. The van der Waals surface area contributed by atoms with Crippen LogP contribution in [-0.2, 0) is 17.8 Å². The Kier molecular flexibility index (Phi) is 6.21. The average Bonchev–Trinajstić information content (AvgIpc) is 2.74. The molecule has 2 aromatic rings. The van der Waals surface area contributed by atoms with Crippen LogP contribution in [0.5, 0.6) is 0 Å². The fourth-order valence-corrected chi connectivity index (χ4v) is 3.24. The van der Waals surface area contributed by atoms with E-state index in [9.17, 15) is 4.79 Å². The maximum absolute atomic E-state index is 12.5. The van der Waals surface area contributed by atoms with E-state index in [1.54, 1.807) is 0 Å². The van der Waals surface area contributed by atoms with Crippen molar-refractivity contribution in [1.29, 1.82) is 0 Å². The minimum atomic E-state index is -0.0266. The molecule has 0 aliphatic carbocycles. The molecule has 1 amide bonds. The summed E-state index contributed by atoms with van der Waals surface area (Å²) >= 11 is 3.47. The third-order valence-electron chi connectivity index (χ3n) is 4.13. The number of halogens is 1. The first-order valence-corrected chi connectivity index (χ1v) is 9.15. The van der Waals surface area contributed by atoms with Crippen molar-refractivity contribution in [3.8, 4) is 0 Å². The Morgan fingerprint density at radius 2 is 2.00 bits per heavy atom. The van der Waals surface area contributed by atoms with Crippen LogP contribution in [0.2, 0.25) is 0 Å². The van der Waals surface area contributed by atoms with Crippen LogP contribution in [0.25, 0.3) is 0 Å². The lowest BCUT2D eigenvalue weighted by atomic mass is 10.1. The van der Waals surface area contributed by atoms with E-state index in [0.717, 1.165) is 33.5 Å². The summed E-state index contributed by atoms with van der Waals surface area (Å²) in [5.41, 5.74) is 4.15. The summed E-state index contributed by atoms with van der Waals surface area (Å²) in [6.45, 7) is 11.2. The van der Waals surface area contributed by atoms with Crippen molar-refractivity contribution in [3.05, 3.63) is 51.3 Å². The van der Waals surface area contributed by atoms with Crippen LogP contribution < -0.4 is 5.32 Å². The van der Waals surface area contributed by atoms with Gasteiger partial charge >= 0.3 is 0 Å². The van der Waals surface area contributed by atoms with Gasteiger partial charge in [0, 0.05) is 22.3 Å². The number of nitrogens with zero attached hydrogens (tertiary/aromatic N) is 2. The number of benzene rings is 1. The number of nitrogens with one attached hydrogen (secondary N) is 1. The van der Waals surface area contributed by atoms with Gasteiger partial charge in [-0.1, -0.05) is 41.9 Å².